The molecule has 1 N–H and O–H groups in total. The number of carboxylic acid groups (broad SMARTS) is 1. The maximum Gasteiger partial charge on any atom is 0.327 e. The first kappa shape index (κ1) is 0.834. The highest BCUT2D eigenvalue weighted by Crippen LogP contribution is 1.54. The summed E-state index contributed by atoms with van der Waals surface area (Å²) in [4.78, 5) is 10.1. The highest BCUT2D eigenvalue weighted by Gasteiger charge is 1.73. The molecule has 0 aliphatic heterocycles. The Morgan fingerprint density at radius 2 is 3.60 bits per heavy atom. The van der Waals surface area contributed by atoms with Crippen LogP contribution in [0.15, 0.2) is 12.6 Å². The van der Waals surface area contributed by atoms with Crippen molar-refractivity contribution < 1.29 is 14.0 Å². The molecule has 0 fully saturated rings. The minimum Gasteiger partial charge on any atom is -0.478 e. The van der Waals surface area contributed by atoms with E-state index >= 15 is 0 Å². The largest absolute Gasteiger partial charge is 0.478 e. The summed E-state index contributed by atoms with van der Waals surface area (Å²) in [5, 5.41) is 3.30. The third-order valence-corrected chi connectivity index (χ3v) is 0.102. The van der Waals surface area contributed by atoms with Crippen LogP contribution in [0.5, 0.6) is 0 Å². The molecule has 2 heteroatoms. The summed E-state index contributed by atoms with van der Waals surface area (Å²) in [5.41, 5.74) is 0. The van der Waals surface area contributed by atoms with Crippen molar-refractivity contribution in [3.63, 3.8) is 0 Å². The third-order valence-electron chi connectivity index (χ3n) is 0.102. The summed E-state index contributed by atoms with van der Waals surface area (Å²) >= 11 is 0. The monoisotopic (exact) mass is 76.0 g/mol. The first-order valence-electron chi connectivity index (χ1n) is 2.82. The van der Waals surface area contributed by atoms with Gasteiger partial charge in [-0.2, -0.15) is 0 Å². The Kier molecular flexibility index (Phi) is 0.254. The van der Waals surface area contributed by atoms with Gasteiger partial charge in [0.05, 0.1) is 4.11 Å². The number of hydrogen-bond donors (Lipinski definition) is 1. The van der Waals surface area contributed by atoms with E-state index in [9.17, 15) is 4.79 Å². The van der Waals surface area contributed by atoms with E-state index in [1.807, 2.05) is 0 Å². The summed E-state index contributed by atoms with van der Waals surface area (Å²) in [5.74, 6) is -1.28. The molecule has 0 amide bonds. The van der Waals surface area contributed by atoms with Crippen molar-refractivity contribution in [1.29, 1.82) is 1.43 Å². The van der Waals surface area contributed by atoms with E-state index < -0.39 is 18.6 Å². The molecule has 0 saturated heterocycles. The van der Waals surface area contributed by atoms with Gasteiger partial charge in [-0.3, -0.25) is 0 Å². The van der Waals surface area contributed by atoms with Gasteiger partial charge in [0.25, 0.3) is 1.43 Å². The van der Waals surface area contributed by atoms with Crippen molar-refractivity contribution in [2.45, 2.75) is 0 Å². The summed E-state index contributed by atoms with van der Waals surface area (Å²) in [6.45, 7) is -0.952. The van der Waals surface area contributed by atoms with Gasteiger partial charge >= 0.3 is 5.97 Å². The lowest BCUT2D eigenvalue weighted by atomic mass is 10.7. The van der Waals surface area contributed by atoms with Crippen LogP contribution < -0.4 is 0 Å². The molecule has 0 bridgehead atoms. The second-order valence-electron chi connectivity index (χ2n) is 0.412. The lowest BCUT2D eigenvalue weighted by molar-refractivity contribution is -0.131. The van der Waals surface area contributed by atoms with Gasteiger partial charge in [-0.1, -0.05) is 6.53 Å². The summed E-state index contributed by atoms with van der Waals surface area (Å²) < 4.78 is 25.3. The molecule has 5 heavy (non-hydrogen) atoms. The Labute approximate surface area is 35.4 Å². The smallest absolute Gasteiger partial charge is 0.327 e. The first-order valence-corrected chi connectivity index (χ1v) is 0.908. The number of rotatable bonds is 1. The van der Waals surface area contributed by atoms with Crippen LogP contribution in [0.4, 0.5) is 0 Å². The molecule has 28 valence electrons. The maximum absolute atomic E-state index is 10.1. The molecule has 0 rings (SSSR count). The Balaban J connectivity index is 4.21. The second kappa shape index (κ2) is 1.52. The zero-order chi connectivity index (χ0) is 7.44. The molecule has 0 radical (unpaired) electrons. The zero-order valence-electron chi connectivity index (χ0n) is 6.32. The van der Waals surface area contributed by atoms with Crippen LogP contribution in [0.1, 0.15) is 4.11 Å². The molecule has 0 unspecified atom stereocenters. The summed E-state index contributed by atoms with van der Waals surface area (Å²) in [6, 6.07) is -0.912. The standard InChI is InChI=1S/C3H4O2/c1-2-3(4)5/h2H,1H2,(H,4,5)/i1D2,2D/hD. The van der Waals surface area contributed by atoms with Gasteiger partial charge in [0, 0.05) is 6.05 Å². The van der Waals surface area contributed by atoms with Crippen LogP contribution in [0.25, 0.3) is 1.43 Å². The SMILES string of the molecule is [2H]OC(=O)C([2H])=C([2H])[2H]. The van der Waals surface area contributed by atoms with Crippen LogP contribution in [-0.4, -0.2) is 11.1 Å². The average molecular weight is 76.1 g/mol. The third kappa shape index (κ3) is 3.21. The first-order chi connectivity index (χ1) is 4.09. The summed E-state index contributed by atoms with van der Waals surface area (Å²) in [6.07, 6.45) is 0. The average Bonchev–Trinajstić information content (AvgIpc) is 1.84. The van der Waals surface area contributed by atoms with E-state index in [0.717, 1.165) is 0 Å². The Morgan fingerprint density at radius 1 is 2.80 bits per heavy atom. The maximum atomic E-state index is 10.1. The molecule has 0 aliphatic rings. The highest BCUT2D eigenvalue weighted by molar-refractivity contribution is 5.78. The molecule has 2 nitrogen and oxygen atoms in total. The van der Waals surface area contributed by atoms with Crippen LogP contribution in [-0.2, 0) is 4.79 Å². The van der Waals surface area contributed by atoms with Gasteiger partial charge in [-0.25, -0.2) is 4.79 Å². The molecule has 0 aromatic carbocycles. The van der Waals surface area contributed by atoms with Gasteiger partial charge < -0.3 is 5.11 Å². The van der Waals surface area contributed by atoms with Gasteiger partial charge in [-0.15, -0.1) is 0 Å². The molecule has 0 aliphatic carbocycles. The van der Waals surface area contributed by atoms with E-state index in [0.29, 0.717) is 0 Å². The zero-order valence-corrected chi connectivity index (χ0v) is 2.32. The molecule has 0 saturated carbocycles. The van der Waals surface area contributed by atoms with Crippen molar-refractivity contribution >= 4 is 5.97 Å². The van der Waals surface area contributed by atoms with Crippen LogP contribution >= 0.6 is 0 Å². The van der Waals surface area contributed by atoms with E-state index in [1.54, 1.807) is 0 Å². The number of carboxylic acids is 1. The van der Waals surface area contributed by atoms with Gasteiger partial charge in [0.1, 0.15) is 0 Å². The van der Waals surface area contributed by atoms with Gasteiger partial charge in [0.15, 0.2) is 0 Å². The quantitative estimate of drug-likeness (QED) is 0.455. The Bertz CT molecular complexity index is 148. The van der Waals surface area contributed by atoms with Crippen molar-refractivity contribution in [1.82, 2.24) is 0 Å². The van der Waals surface area contributed by atoms with Crippen LogP contribution in [0.2, 0.25) is 0 Å². The molecule has 0 heterocycles. The normalized spacial score (nSPS) is 16.0. The minimum atomic E-state index is -1.28. The van der Waals surface area contributed by atoms with Crippen LogP contribution in [0, 0.1) is 0 Å². The summed E-state index contributed by atoms with van der Waals surface area (Å²) in [7, 11) is 0. The van der Waals surface area contributed by atoms with E-state index in [1.165, 1.54) is 0 Å². The lowest BCUT2D eigenvalue weighted by Crippen LogP contribution is -1.82. The predicted octanol–water partition coefficient (Wildman–Crippen LogP) is 0.257. The van der Waals surface area contributed by atoms with E-state index in [2.05, 4.69) is 5.11 Å². The molecular weight excluding hydrogens is 68.0 g/mol. The minimum absolute atomic E-state index is 0.912. The highest BCUT2D eigenvalue weighted by atomic mass is 16.4. The van der Waals surface area contributed by atoms with E-state index in [-0.39, 0.29) is 0 Å². The van der Waals surface area contributed by atoms with Gasteiger partial charge in [0.2, 0.25) is 0 Å². The fraction of sp³-hybridized carbons (Fsp3) is 0. The number of aliphatic carboxylic acids is 1. The molecule has 0 aromatic rings. The van der Waals surface area contributed by atoms with Crippen LogP contribution in [0.3, 0.4) is 0 Å². The van der Waals surface area contributed by atoms with Gasteiger partial charge in [-0.05, 0) is 0 Å². The Morgan fingerprint density at radius 3 is 3.80 bits per heavy atom. The number of carbonyl (C=O) groups is 1. The molecule has 0 aromatic heterocycles. The number of hydrogen-bond acceptors (Lipinski definition) is 2. The Hall–Kier alpha value is -0.790. The second-order valence-corrected chi connectivity index (χ2v) is 0.412. The van der Waals surface area contributed by atoms with Crippen molar-refractivity contribution in [2.75, 3.05) is 0 Å². The van der Waals surface area contributed by atoms with Crippen molar-refractivity contribution in [3.05, 3.63) is 12.6 Å². The molecule has 0 atom stereocenters. The molecule has 0 spiro atoms. The van der Waals surface area contributed by atoms with Crippen molar-refractivity contribution in [3.8, 4) is 0 Å². The lowest BCUT2D eigenvalue weighted by Gasteiger charge is -1.64. The fourth-order valence-electron chi connectivity index (χ4n) is 0. The predicted molar refractivity (Wildman–Crippen MR) is 17.8 cm³/mol. The fourth-order valence-corrected chi connectivity index (χ4v) is 0. The molecular formula is C3H4O2. The van der Waals surface area contributed by atoms with E-state index in [4.69, 9.17) is 5.54 Å². The van der Waals surface area contributed by atoms with Crippen molar-refractivity contribution in [2.24, 2.45) is 0 Å². The topological polar surface area (TPSA) is 37.3 Å².